The van der Waals surface area contributed by atoms with Gasteiger partial charge in [0.1, 0.15) is 17.2 Å². The van der Waals surface area contributed by atoms with E-state index in [2.05, 4.69) is 33.9 Å². The fourth-order valence-electron chi connectivity index (χ4n) is 2.19. The van der Waals surface area contributed by atoms with Gasteiger partial charge in [-0.2, -0.15) is 0 Å². The average Bonchev–Trinajstić information content (AvgIpc) is 2.41. The molecule has 0 bridgehead atoms. The van der Waals surface area contributed by atoms with Gasteiger partial charge in [0.15, 0.2) is 0 Å². The first-order chi connectivity index (χ1) is 10.1. The number of hydrogen-bond acceptors (Lipinski definition) is 3. The van der Waals surface area contributed by atoms with Gasteiger partial charge in [-0.3, -0.25) is 0 Å². The molecule has 0 atom stereocenters. The third-order valence-electron chi connectivity index (χ3n) is 4.71. The minimum absolute atomic E-state index is 0.117. The molecule has 0 saturated carbocycles. The quantitative estimate of drug-likeness (QED) is 0.786. The largest absolute Gasteiger partial charge is 0.543 e. The molecule has 120 valence electrons. The van der Waals surface area contributed by atoms with Crippen molar-refractivity contribution in [2.45, 2.75) is 45.8 Å². The maximum Gasteiger partial charge on any atom is 0.250 e. The second kappa shape index (κ2) is 5.50. The van der Waals surface area contributed by atoms with Gasteiger partial charge in [0, 0.05) is 16.3 Å². The molecule has 0 saturated heterocycles. The highest BCUT2D eigenvalue weighted by molar-refractivity contribution is 6.74. The average molecular weight is 318 g/mol. The SMILES string of the molecule is COc1cc2c(O[Si](C)(C)C(C)(C)C)cccc2c(O)c1C. The normalized spacial score (nSPS) is 12.5. The molecule has 4 heteroatoms. The minimum Gasteiger partial charge on any atom is -0.543 e. The zero-order valence-electron chi connectivity index (χ0n) is 14.6. The molecule has 0 spiro atoms. The van der Waals surface area contributed by atoms with E-state index in [4.69, 9.17) is 9.16 Å². The lowest BCUT2D eigenvalue weighted by Crippen LogP contribution is -2.43. The summed E-state index contributed by atoms with van der Waals surface area (Å²) in [5.41, 5.74) is 0.750. The van der Waals surface area contributed by atoms with Crippen LogP contribution in [0.1, 0.15) is 26.3 Å². The Morgan fingerprint density at radius 2 is 1.68 bits per heavy atom. The van der Waals surface area contributed by atoms with Crippen LogP contribution in [0.5, 0.6) is 17.2 Å². The van der Waals surface area contributed by atoms with Crippen molar-refractivity contribution in [2.24, 2.45) is 0 Å². The van der Waals surface area contributed by atoms with Crippen LogP contribution in [0.25, 0.3) is 10.8 Å². The van der Waals surface area contributed by atoms with Crippen LogP contribution in [0.2, 0.25) is 18.1 Å². The lowest BCUT2D eigenvalue weighted by atomic mass is 10.0. The van der Waals surface area contributed by atoms with Crippen LogP contribution in [-0.2, 0) is 0 Å². The summed E-state index contributed by atoms with van der Waals surface area (Å²) in [4.78, 5) is 0. The maximum absolute atomic E-state index is 10.4. The Kier molecular flexibility index (Phi) is 4.17. The molecular weight excluding hydrogens is 292 g/mol. The molecule has 0 unspecified atom stereocenters. The highest BCUT2D eigenvalue weighted by Crippen LogP contribution is 2.43. The zero-order valence-corrected chi connectivity index (χ0v) is 15.6. The summed E-state index contributed by atoms with van der Waals surface area (Å²) in [5.74, 6) is 1.75. The Hall–Kier alpha value is -1.68. The molecule has 1 N–H and O–H groups in total. The molecule has 0 radical (unpaired) electrons. The predicted molar refractivity (Wildman–Crippen MR) is 94.7 cm³/mol. The Balaban J connectivity index is 2.64. The molecular formula is C18H26O3Si. The highest BCUT2D eigenvalue weighted by atomic mass is 28.4. The number of methoxy groups -OCH3 is 1. The molecule has 0 aliphatic rings. The number of benzene rings is 2. The van der Waals surface area contributed by atoms with Crippen molar-refractivity contribution in [1.82, 2.24) is 0 Å². The van der Waals surface area contributed by atoms with Crippen LogP contribution < -0.4 is 9.16 Å². The van der Waals surface area contributed by atoms with E-state index in [1.165, 1.54) is 0 Å². The summed E-state index contributed by atoms with van der Waals surface area (Å²) in [6.07, 6.45) is 0. The Morgan fingerprint density at radius 1 is 1.05 bits per heavy atom. The summed E-state index contributed by atoms with van der Waals surface area (Å²) in [7, 11) is -0.328. The number of phenolic OH excluding ortho intramolecular Hbond substituents is 1. The highest BCUT2D eigenvalue weighted by Gasteiger charge is 2.39. The van der Waals surface area contributed by atoms with Crippen LogP contribution >= 0.6 is 0 Å². The number of rotatable bonds is 3. The van der Waals surface area contributed by atoms with E-state index in [-0.39, 0.29) is 10.8 Å². The second-order valence-electron chi connectivity index (χ2n) is 7.27. The molecule has 2 aromatic carbocycles. The maximum atomic E-state index is 10.4. The van der Waals surface area contributed by atoms with Crippen LogP contribution in [0.3, 0.4) is 0 Å². The van der Waals surface area contributed by atoms with Crippen molar-refractivity contribution in [3.63, 3.8) is 0 Å². The number of fused-ring (bicyclic) bond motifs is 1. The molecule has 0 aliphatic heterocycles. The minimum atomic E-state index is -1.94. The number of aromatic hydroxyl groups is 1. The van der Waals surface area contributed by atoms with E-state index in [1.54, 1.807) is 7.11 Å². The first-order valence-electron chi connectivity index (χ1n) is 7.57. The van der Waals surface area contributed by atoms with Crippen LogP contribution in [0.4, 0.5) is 0 Å². The summed E-state index contributed by atoms with van der Waals surface area (Å²) >= 11 is 0. The monoisotopic (exact) mass is 318 g/mol. The molecule has 22 heavy (non-hydrogen) atoms. The molecule has 0 heterocycles. The topological polar surface area (TPSA) is 38.7 Å². The van der Waals surface area contributed by atoms with Crippen molar-refractivity contribution < 1.29 is 14.3 Å². The summed E-state index contributed by atoms with van der Waals surface area (Å²) in [6.45, 7) is 12.9. The molecule has 3 nitrogen and oxygen atoms in total. The van der Waals surface area contributed by atoms with Gasteiger partial charge < -0.3 is 14.3 Å². The van der Waals surface area contributed by atoms with E-state index in [0.717, 1.165) is 22.1 Å². The molecule has 2 aromatic rings. The Labute approximate surface area is 134 Å². The third kappa shape index (κ3) is 2.80. The van der Waals surface area contributed by atoms with Gasteiger partial charge in [-0.25, -0.2) is 0 Å². The van der Waals surface area contributed by atoms with Gasteiger partial charge in [0.25, 0.3) is 8.32 Å². The first kappa shape index (κ1) is 16.7. The van der Waals surface area contributed by atoms with E-state index in [9.17, 15) is 5.11 Å². The van der Waals surface area contributed by atoms with E-state index in [0.29, 0.717) is 5.75 Å². The van der Waals surface area contributed by atoms with Gasteiger partial charge >= 0.3 is 0 Å². The van der Waals surface area contributed by atoms with Crippen molar-refractivity contribution in [3.05, 3.63) is 29.8 Å². The lowest BCUT2D eigenvalue weighted by Gasteiger charge is -2.36. The predicted octanol–water partition coefficient (Wildman–Crippen LogP) is 5.25. The van der Waals surface area contributed by atoms with E-state index < -0.39 is 8.32 Å². The van der Waals surface area contributed by atoms with Crippen molar-refractivity contribution in [1.29, 1.82) is 0 Å². The first-order valence-corrected chi connectivity index (χ1v) is 10.5. The third-order valence-corrected chi connectivity index (χ3v) is 9.06. The number of ether oxygens (including phenoxy) is 1. The lowest BCUT2D eigenvalue weighted by molar-refractivity contribution is 0.404. The second-order valence-corrected chi connectivity index (χ2v) is 12.0. The Bertz CT molecular complexity index is 700. The fourth-order valence-corrected chi connectivity index (χ4v) is 3.22. The molecule has 0 fully saturated rings. The summed E-state index contributed by atoms with van der Waals surface area (Å²) in [5, 5.41) is 12.2. The van der Waals surface area contributed by atoms with Crippen molar-refractivity contribution in [3.8, 4) is 17.2 Å². The van der Waals surface area contributed by atoms with Gasteiger partial charge in [0.2, 0.25) is 0 Å². The fraction of sp³-hybridized carbons (Fsp3) is 0.444. The number of phenols is 1. The number of hydrogen-bond donors (Lipinski definition) is 1. The molecule has 0 aliphatic carbocycles. The van der Waals surface area contributed by atoms with Gasteiger partial charge in [-0.15, -0.1) is 0 Å². The smallest absolute Gasteiger partial charge is 0.250 e. The van der Waals surface area contributed by atoms with Crippen LogP contribution in [-0.4, -0.2) is 20.5 Å². The van der Waals surface area contributed by atoms with Crippen LogP contribution in [0, 0.1) is 6.92 Å². The zero-order chi connectivity index (χ0) is 16.7. The molecule has 0 amide bonds. The van der Waals surface area contributed by atoms with Gasteiger partial charge in [-0.1, -0.05) is 32.9 Å². The van der Waals surface area contributed by atoms with Crippen LogP contribution in [0.15, 0.2) is 24.3 Å². The summed E-state index contributed by atoms with van der Waals surface area (Å²) in [6, 6.07) is 7.76. The van der Waals surface area contributed by atoms with Gasteiger partial charge in [0.05, 0.1) is 7.11 Å². The van der Waals surface area contributed by atoms with E-state index in [1.807, 2.05) is 31.2 Å². The Morgan fingerprint density at radius 3 is 2.23 bits per heavy atom. The standard InChI is InChI=1S/C18H26O3Si/c1-12-16(20-5)11-14-13(17(12)19)9-8-10-15(14)21-22(6,7)18(2,3)4/h8-11,19H,1-7H3. The van der Waals surface area contributed by atoms with E-state index >= 15 is 0 Å². The van der Waals surface area contributed by atoms with Crippen molar-refractivity contribution >= 4 is 19.1 Å². The van der Waals surface area contributed by atoms with Gasteiger partial charge in [-0.05, 0) is 37.2 Å². The molecule has 0 aromatic heterocycles. The summed E-state index contributed by atoms with van der Waals surface area (Å²) < 4.78 is 11.8. The van der Waals surface area contributed by atoms with Crippen molar-refractivity contribution in [2.75, 3.05) is 7.11 Å². The molecule has 2 rings (SSSR count).